The van der Waals surface area contributed by atoms with E-state index in [1.807, 2.05) is 25.1 Å². The van der Waals surface area contributed by atoms with E-state index in [0.29, 0.717) is 5.02 Å². The third-order valence-electron chi connectivity index (χ3n) is 3.50. The summed E-state index contributed by atoms with van der Waals surface area (Å²) in [5.74, 6) is -1.20. The lowest BCUT2D eigenvalue weighted by Crippen LogP contribution is -2.36. The Morgan fingerprint density at radius 3 is 2.40 bits per heavy atom. The highest BCUT2D eigenvalue weighted by Crippen LogP contribution is 2.29. The second kappa shape index (κ2) is 6.27. The number of carbonyl (C=O) groups excluding carboxylic acids is 1. The van der Waals surface area contributed by atoms with Crippen LogP contribution in [0.4, 0.5) is 0 Å². The quantitative estimate of drug-likeness (QED) is 0.906. The van der Waals surface area contributed by atoms with Gasteiger partial charge in [0.1, 0.15) is 0 Å². The predicted molar refractivity (Wildman–Crippen MR) is 78.7 cm³/mol. The zero-order valence-corrected chi connectivity index (χ0v) is 12.9. The lowest BCUT2D eigenvalue weighted by Gasteiger charge is -2.29. The summed E-state index contributed by atoms with van der Waals surface area (Å²) in [5, 5.41) is 9.67. The van der Waals surface area contributed by atoms with Crippen molar-refractivity contribution in [3.8, 4) is 0 Å². The number of hydrogen-bond acceptors (Lipinski definition) is 2. The molecule has 1 unspecified atom stereocenters. The number of aliphatic carboxylic acids is 1. The molecule has 20 heavy (non-hydrogen) atoms. The molecule has 1 aromatic rings. The largest absolute Gasteiger partial charge is 0.481 e. The minimum atomic E-state index is -1.08. The van der Waals surface area contributed by atoms with Crippen molar-refractivity contribution in [3.05, 3.63) is 34.9 Å². The fourth-order valence-electron chi connectivity index (χ4n) is 1.82. The fourth-order valence-corrected chi connectivity index (χ4v) is 2.11. The van der Waals surface area contributed by atoms with Gasteiger partial charge < -0.3 is 10.0 Å². The van der Waals surface area contributed by atoms with Crippen LogP contribution in [0.5, 0.6) is 0 Å². The lowest BCUT2D eigenvalue weighted by atomic mass is 9.88. The van der Waals surface area contributed by atoms with Gasteiger partial charge in [-0.1, -0.05) is 29.8 Å². The second-order valence-electron chi connectivity index (χ2n) is 5.57. The molecule has 1 atom stereocenters. The molecule has 1 amide bonds. The fraction of sp³-hybridized carbons (Fsp3) is 0.467. The number of rotatable bonds is 5. The molecular formula is C15H20ClNO3. The van der Waals surface area contributed by atoms with Crippen molar-refractivity contribution >= 4 is 23.5 Å². The van der Waals surface area contributed by atoms with E-state index < -0.39 is 11.4 Å². The molecule has 0 aliphatic heterocycles. The van der Waals surface area contributed by atoms with E-state index in [0.717, 1.165) is 5.56 Å². The molecule has 1 N–H and O–H groups in total. The summed E-state index contributed by atoms with van der Waals surface area (Å²) in [6, 6.07) is 7.11. The zero-order chi connectivity index (χ0) is 15.5. The van der Waals surface area contributed by atoms with Gasteiger partial charge in [0, 0.05) is 18.5 Å². The maximum absolute atomic E-state index is 12.2. The molecular weight excluding hydrogens is 278 g/mol. The van der Waals surface area contributed by atoms with Crippen molar-refractivity contribution in [2.75, 3.05) is 7.05 Å². The number of hydrogen-bond donors (Lipinski definition) is 1. The lowest BCUT2D eigenvalue weighted by molar-refractivity contribution is -0.151. The maximum Gasteiger partial charge on any atom is 0.309 e. The third-order valence-corrected chi connectivity index (χ3v) is 3.85. The molecule has 0 fully saturated rings. The van der Waals surface area contributed by atoms with Crippen LogP contribution in [-0.2, 0) is 9.59 Å². The van der Waals surface area contributed by atoms with Crippen LogP contribution < -0.4 is 0 Å². The van der Waals surface area contributed by atoms with Crippen LogP contribution in [0.1, 0.15) is 38.8 Å². The number of carbonyl (C=O) groups is 2. The molecule has 0 saturated heterocycles. The highest BCUT2D eigenvalue weighted by Gasteiger charge is 2.32. The van der Waals surface area contributed by atoms with E-state index in [-0.39, 0.29) is 18.4 Å². The van der Waals surface area contributed by atoms with Crippen LogP contribution in [0.3, 0.4) is 0 Å². The van der Waals surface area contributed by atoms with Crippen molar-refractivity contribution in [2.45, 2.75) is 33.2 Å². The number of amides is 1. The molecule has 110 valence electrons. The summed E-state index contributed by atoms with van der Waals surface area (Å²) in [6.45, 7) is 4.95. The molecule has 0 aliphatic carbocycles. The van der Waals surface area contributed by atoms with Crippen molar-refractivity contribution in [1.29, 1.82) is 0 Å². The van der Waals surface area contributed by atoms with E-state index >= 15 is 0 Å². The first kappa shape index (κ1) is 16.5. The Kier molecular flexibility index (Phi) is 5.17. The molecule has 0 aromatic heterocycles. The molecule has 0 heterocycles. The summed E-state index contributed by atoms with van der Waals surface area (Å²) in [7, 11) is 1.66. The number of benzene rings is 1. The molecule has 0 aliphatic rings. The van der Waals surface area contributed by atoms with Crippen LogP contribution in [0, 0.1) is 5.41 Å². The highest BCUT2D eigenvalue weighted by atomic mass is 35.5. The smallest absolute Gasteiger partial charge is 0.309 e. The minimum Gasteiger partial charge on any atom is -0.481 e. The summed E-state index contributed by atoms with van der Waals surface area (Å²) in [4.78, 5) is 24.8. The monoisotopic (exact) mass is 297 g/mol. The second-order valence-corrected chi connectivity index (χ2v) is 5.98. The van der Waals surface area contributed by atoms with E-state index in [9.17, 15) is 9.59 Å². The number of carboxylic acids is 1. The topological polar surface area (TPSA) is 57.6 Å². The summed E-state index contributed by atoms with van der Waals surface area (Å²) in [6.07, 6.45) is -0.0480. The Morgan fingerprint density at radius 2 is 1.90 bits per heavy atom. The van der Waals surface area contributed by atoms with Crippen molar-refractivity contribution in [2.24, 2.45) is 5.41 Å². The molecule has 1 rings (SSSR count). The van der Waals surface area contributed by atoms with Gasteiger partial charge in [-0.2, -0.15) is 0 Å². The van der Waals surface area contributed by atoms with E-state index in [2.05, 4.69) is 0 Å². The van der Waals surface area contributed by atoms with Crippen LogP contribution in [-0.4, -0.2) is 28.9 Å². The van der Waals surface area contributed by atoms with Crippen molar-refractivity contribution in [1.82, 2.24) is 4.90 Å². The van der Waals surface area contributed by atoms with Gasteiger partial charge in [0.05, 0.1) is 11.5 Å². The van der Waals surface area contributed by atoms with Gasteiger partial charge in [-0.25, -0.2) is 0 Å². The zero-order valence-electron chi connectivity index (χ0n) is 12.2. The molecule has 1 aromatic carbocycles. The SMILES string of the molecule is CC(c1ccccc1Cl)N(C)C(=O)CC(C)(C)C(=O)O. The van der Waals surface area contributed by atoms with Crippen molar-refractivity contribution < 1.29 is 14.7 Å². The Balaban J connectivity index is 2.85. The van der Waals surface area contributed by atoms with Crippen LogP contribution in [0.15, 0.2) is 24.3 Å². The van der Waals surface area contributed by atoms with E-state index in [1.165, 1.54) is 4.90 Å². The highest BCUT2D eigenvalue weighted by molar-refractivity contribution is 6.31. The predicted octanol–water partition coefficient (Wildman–Crippen LogP) is 3.36. The van der Waals surface area contributed by atoms with Gasteiger partial charge >= 0.3 is 5.97 Å². The average Bonchev–Trinajstić information content (AvgIpc) is 2.36. The van der Waals surface area contributed by atoms with Gasteiger partial charge in [-0.15, -0.1) is 0 Å². The van der Waals surface area contributed by atoms with Gasteiger partial charge in [-0.3, -0.25) is 9.59 Å². The van der Waals surface area contributed by atoms with Crippen LogP contribution in [0.2, 0.25) is 5.02 Å². The van der Waals surface area contributed by atoms with Gasteiger partial charge in [-0.05, 0) is 32.4 Å². The number of carboxylic acid groups (broad SMARTS) is 1. The van der Waals surface area contributed by atoms with Gasteiger partial charge in [0.15, 0.2) is 0 Å². The molecule has 5 heteroatoms. The van der Waals surface area contributed by atoms with Gasteiger partial charge in [0.25, 0.3) is 0 Å². The first-order valence-electron chi connectivity index (χ1n) is 6.40. The number of nitrogens with zero attached hydrogens (tertiary/aromatic N) is 1. The van der Waals surface area contributed by atoms with Crippen LogP contribution in [0.25, 0.3) is 0 Å². The van der Waals surface area contributed by atoms with Crippen LogP contribution >= 0.6 is 11.6 Å². The molecule has 0 spiro atoms. The Hall–Kier alpha value is -1.55. The van der Waals surface area contributed by atoms with E-state index in [1.54, 1.807) is 27.0 Å². The number of halogens is 1. The summed E-state index contributed by atoms with van der Waals surface area (Å²) >= 11 is 6.12. The normalized spacial score (nSPS) is 12.8. The molecule has 0 radical (unpaired) electrons. The Labute approximate surface area is 124 Å². The summed E-state index contributed by atoms with van der Waals surface area (Å²) in [5.41, 5.74) is -0.232. The maximum atomic E-state index is 12.2. The van der Waals surface area contributed by atoms with E-state index in [4.69, 9.17) is 16.7 Å². The van der Waals surface area contributed by atoms with Crippen molar-refractivity contribution in [3.63, 3.8) is 0 Å². The minimum absolute atomic E-state index is 0.0480. The third kappa shape index (κ3) is 3.73. The Bertz CT molecular complexity index is 514. The standard InChI is InChI=1S/C15H20ClNO3/c1-10(11-7-5-6-8-12(11)16)17(4)13(18)9-15(2,3)14(19)20/h5-8,10H,9H2,1-4H3,(H,19,20). The first-order valence-corrected chi connectivity index (χ1v) is 6.78. The molecule has 0 saturated carbocycles. The molecule has 4 nitrogen and oxygen atoms in total. The summed E-state index contributed by atoms with van der Waals surface area (Å²) < 4.78 is 0. The molecule has 0 bridgehead atoms. The first-order chi connectivity index (χ1) is 9.16. The Morgan fingerprint density at radius 1 is 1.35 bits per heavy atom. The average molecular weight is 298 g/mol. The van der Waals surface area contributed by atoms with Gasteiger partial charge in [0.2, 0.25) is 5.91 Å².